The van der Waals surface area contributed by atoms with E-state index in [0.29, 0.717) is 5.56 Å². The maximum absolute atomic E-state index is 13.9. The summed E-state index contributed by atoms with van der Waals surface area (Å²) in [4.78, 5) is 13.9. The molecule has 0 saturated heterocycles. The highest BCUT2D eigenvalue weighted by atomic mass is 16.1. The fraction of sp³-hybridized carbons (Fsp3) is 0.333. The molecule has 1 aliphatic heterocycles. The monoisotopic (exact) mass is 506 g/mol. The molecule has 0 spiro atoms. The molecular weight excluding hydrogens is 468 g/mol. The number of carbonyl (C=O) groups excluding carboxylic acids is 1. The number of nitrogens with zero attached hydrogens (tertiary/aromatic N) is 2. The van der Waals surface area contributed by atoms with E-state index in [1.807, 2.05) is 10.7 Å². The molecule has 1 unspecified atom stereocenters. The number of anilines is 1. The summed E-state index contributed by atoms with van der Waals surface area (Å²) >= 11 is 0. The zero-order chi connectivity index (χ0) is 26.9. The molecule has 0 aliphatic carbocycles. The van der Waals surface area contributed by atoms with Gasteiger partial charge in [0.25, 0.3) is 5.91 Å². The molecule has 2 N–H and O–H groups in total. The summed E-state index contributed by atoms with van der Waals surface area (Å²) in [5.41, 5.74) is 5.88. The summed E-state index contributed by atoms with van der Waals surface area (Å²) in [7, 11) is 0. The van der Waals surface area contributed by atoms with Crippen LogP contribution in [0.25, 0.3) is 11.1 Å². The lowest BCUT2D eigenvalue weighted by Gasteiger charge is -2.38. The van der Waals surface area contributed by atoms with Crippen molar-refractivity contribution in [2.75, 3.05) is 5.32 Å². The van der Waals surface area contributed by atoms with E-state index in [4.69, 9.17) is 0 Å². The average Bonchev–Trinajstić information content (AvgIpc) is 3.38. The molecule has 0 bridgehead atoms. The summed E-state index contributed by atoms with van der Waals surface area (Å²) in [5.74, 6) is 0.679. The lowest BCUT2D eigenvalue weighted by atomic mass is 9.83. The minimum absolute atomic E-state index is 0.102. The summed E-state index contributed by atoms with van der Waals surface area (Å²) in [6, 6.07) is 27.6. The number of carbonyl (C=O) groups is 1. The fourth-order valence-electron chi connectivity index (χ4n) is 5.86. The van der Waals surface area contributed by atoms with Gasteiger partial charge in [-0.25, -0.2) is 4.68 Å². The Hall–Kier alpha value is -3.86. The fourth-order valence-corrected chi connectivity index (χ4v) is 5.86. The van der Waals surface area contributed by atoms with E-state index in [1.54, 1.807) is 6.20 Å². The number of rotatable bonds is 7. The molecule has 1 aliphatic rings. The van der Waals surface area contributed by atoms with Gasteiger partial charge >= 0.3 is 0 Å². The molecule has 2 heterocycles. The first-order valence-electron chi connectivity index (χ1n) is 13.7. The number of fused-ring (bicyclic) bond motifs is 1. The smallest absolute Gasteiger partial charge is 0.257 e. The lowest BCUT2D eigenvalue weighted by molar-refractivity contribution is 0.0890. The number of aromatic nitrogens is 2. The summed E-state index contributed by atoms with van der Waals surface area (Å²) < 4.78 is 1.97. The van der Waals surface area contributed by atoms with Gasteiger partial charge < -0.3 is 10.6 Å². The van der Waals surface area contributed by atoms with E-state index in [-0.39, 0.29) is 17.5 Å². The SMILES string of the molecule is CCC(CC)(NC(=O)c1cnn2c1NC(c1ccccc1)CC2(C)C)c1ccc(-c2ccccc2C)cc1. The Kier molecular flexibility index (Phi) is 6.87. The van der Waals surface area contributed by atoms with Crippen molar-refractivity contribution < 1.29 is 4.79 Å². The van der Waals surface area contributed by atoms with Crippen LogP contribution in [0.4, 0.5) is 5.82 Å². The van der Waals surface area contributed by atoms with E-state index in [9.17, 15) is 4.79 Å². The van der Waals surface area contributed by atoms with Crippen molar-refractivity contribution in [1.29, 1.82) is 0 Å². The highest BCUT2D eigenvalue weighted by Gasteiger charge is 2.38. The molecule has 5 heteroatoms. The van der Waals surface area contributed by atoms with E-state index >= 15 is 0 Å². The van der Waals surface area contributed by atoms with Gasteiger partial charge in [-0.1, -0.05) is 92.7 Å². The first-order valence-corrected chi connectivity index (χ1v) is 13.7. The van der Waals surface area contributed by atoms with Crippen LogP contribution in [-0.2, 0) is 11.1 Å². The normalized spacial score (nSPS) is 16.4. The molecule has 1 amide bonds. The molecule has 38 heavy (non-hydrogen) atoms. The van der Waals surface area contributed by atoms with E-state index in [1.165, 1.54) is 22.3 Å². The van der Waals surface area contributed by atoms with Crippen molar-refractivity contribution in [2.45, 2.75) is 71.0 Å². The van der Waals surface area contributed by atoms with Gasteiger partial charge in [-0.2, -0.15) is 5.10 Å². The van der Waals surface area contributed by atoms with E-state index in [2.05, 4.69) is 123 Å². The van der Waals surface area contributed by atoms with Crippen molar-refractivity contribution in [2.24, 2.45) is 0 Å². The van der Waals surface area contributed by atoms with Crippen molar-refractivity contribution in [3.8, 4) is 11.1 Å². The third kappa shape index (κ3) is 4.62. The number of aryl methyl sites for hydroxylation is 1. The Labute approximate surface area is 226 Å². The van der Waals surface area contributed by atoms with Crippen molar-refractivity contribution in [1.82, 2.24) is 15.1 Å². The van der Waals surface area contributed by atoms with Crippen LogP contribution in [-0.4, -0.2) is 15.7 Å². The number of hydrogen-bond donors (Lipinski definition) is 2. The average molecular weight is 507 g/mol. The van der Waals surface area contributed by atoms with Gasteiger partial charge in [0.15, 0.2) is 0 Å². The van der Waals surface area contributed by atoms with Crippen LogP contribution in [0.5, 0.6) is 0 Å². The molecule has 196 valence electrons. The van der Waals surface area contributed by atoms with Gasteiger partial charge in [0.2, 0.25) is 0 Å². The molecule has 3 aromatic carbocycles. The van der Waals surface area contributed by atoms with Crippen LogP contribution in [0.2, 0.25) is 0 Å². The van der Waals surface area contributed by atoms with Gasteiger partial charge in [-0.05, 0) is 67.9 Å². The Bertz CT molecular complexity index is 1420. The van der Waals surface area contributed by atoms with Gasteiger partial charge in [-0.15, -0.1) is 0 Å². The third-order valence-corrected chi connectivity index (χ3v) is 8.26. The highest BCUT2D eigenvalue weighted by Crippen LogP contribution is 2.40. The molecule has 0 saturated carbocycles. The Morgan fingerprint density at radius 3 is 2.32 bits per heavy atom. The first-order chi connectivity index (χ1) is 18.3. The van der Waals surface area contributed by atoms with Crippen molar-refractivity contribution >= 4 is 11.7 Å². The zero-order valence-corrected chi connectivity index (χ0v) is 23.1. The third-order valence-electron chi connectivity index (χ3n) is 8.26. The first kappa shape index (κ1) is 25.8. The van der Waals surface area contributed by atoms with Gasteiger partial charge in [-0.3, -0.25) is 4.79 Å². The Morgan fingerprint density at radius 1 is 1.00 bits per heavy atom. The van der Waals surface area contributed by atoms with Crippen LogP contribution in [0.3, 0.4) is 0 Å². The summed E-state index contributed by atoms with van der Waals surface area (Å²) in [5, 5.41) is 11.7. The largest absolute Gasteiger partial charge is 0.363 e. The zero-order valence-electron chi connectivity index (χ0n) is 23.1. The number of benzene rings is 3. The minimum Gasteiger partial charge on any atom is -0.363 e. The standard InChI is InChI=1S/C33H38N4O/c1-6-33(7-2,26-19-17-24(18-20-26)27-16-12-11-13-23(27)3)36-31(38)28-22-34-37-30(28)35-29(21-32(37,4)5)25-14-9-8-10-15-25/h8-20,22,29,35H,6-7,21H2,1-5H3,(H,36,38). The Morgan fingerprint density at radius 2 is 1.66 bits per heavy atom. The van der Waals surface area contributed by atoms with Crippen molar-refractivity contribution in [3.63, 3.8) is 0 Å². The molecule has 1 aromatic heterocycles. The summed E-state index contributed by atoms with van der Waals surface area (Å²) in [6.07, 6.45) is 4.17. The van der Waals surface area contributed by atoms with Gasteiger partial charge in [0, 0.05) is 0 Å². The van der Waals surface area contributed by atoms with E-state index < -0.39 is 5.54 Å². The van der Waals surface area contributed by atoms with Crippen LogP contribution < -0.4 is 10.6 Å². The van der Waals surface area contributed by atoms with Gasteiger partial charge in [0.05, 0.1) is 23.3 Å². The molecule has 0 radical (unpaired) electrons. The predicted octanol–water partition coefficient (Wildman–Crippen LogP) is 7.60. The molecule has 5 nitrogen and oxygen atoms in total. The number of hydrogen-bond acceptors (Lipinski definition) is 3. The number of nitrogens with one attached hydrogen (secondary N) is 2. The Balaban J connectivity index is 1.44. The molecule has 1 atom stereocenters. The molecule has 4 aromatic rings. The maximum atomic E-state index is 13.9. The second-order valence-corrected chi connectivity index (χ2v) is 11.1. The van der Waals surface area contributed by atoms with Gasteiger partial charge in [0.1, 0.15) is 11.4 Å². The van der Waals surface area contributed by atoms with Crippen LogP contribution in [0, 0.1) is 6.92 Å². The second-order valence-electron chi connectivity index (χ2n) is 11.1. The summed E-state index contributed by atoms with van der Waals surface area (Å²) in [6.45, 7) is 10.8. The van der Waals surface area contributed by atoms with Crippen molar-refractivity contribution in [3.05, 3.63) is 107 Å². The predicted molar refractivity (Wildman–Crippen MR) is 155 cm³/mol. The van der Waals surface area contributed by atoms with Crippen LogP contribution >= 0.6 is 0 Å². The highest BCUT2D eigenvalue weighted by molar-refractivity contribution is 5.99. The topological polar surface area (TPSA) is 59.0 Å². The quantitative estimate of drug-likeness (QED) is 0.271. The maximum Gasteiger partial charge on any atom is 0.257 e. The minimum atomic E-state index is -0.473. The van der Waals surface area contributed by atoms with E-state index in [0.717, 1.165) is 30.6 Å². The molecular formula is C33H38N4O. The van der Waals surface area contributed by atoms with Crippen LogP contribution in [0.15, 0.2) is 85.1 Å². The second kappa shape index (κ2) is 10.1. The molecule has 5 rings (SSSR count). The van der Waals surface area contributed by atoms with Crippen LogP contribution in [0.1, 0.15) is 80.0 Å². The number of amides is 1. The molecule has 0 fully saturated rings. The lowest BCUT2D eigenvalue weighted by Crippen LogP contribution is -2.45.